The number of hydrogen-bond donors (Lipinski definition) is 2. The summed E-state index contributed by atoms with van der Waals surface area (Å²) in [7, 11) is 0. The summed E-state index contributed by atoms with van der Waals surface area (Å²) in [6.45, 7) is -2.62. The summed E-state index contributed by atoms with van der Waals surface area (Å²) in [6.07, 6.45) is 0. The van der Waals surface area contributed by atoms with Gasteiger partial charge >= 0.3 is 75.5 Å². The van der Waals surface area contributed by atoms with Gasteiger partial charge in [0.1, 0.15) is 39.3 Å². The Hall–Kier alpha value is 0.319. The van der Waals surface area contributed by atoms with Gasteiger partial charge in [-0.25, -0.2) is 0 Å². The van der Waals surface area contributed by atoms with Crippen molar-refractivity contribution in [2.75, 3.05) is 39.3 Å². The molecule has 0 saturated heterocycles. The largest absolute Gasteiger partial charge is 2.00 e. The Morgan fingerprint density at radius 1 is 0.545 bits per heavy atom. The molecule has 22 heavy (non-hydrogen) atoms. The average Bonchev–Trinajstić information content (AvgIpc) is 2.22. The maximum atomic E-state index is 10.4. The van der Waals surface area contributed by atoms with Crippen LogP contribution in [0.5, 0.6) is 0 Å². The van der Waals surface area contributed by atoms with Gasteiger partial charge in [0.15, 0.2) is 0 Å². The first-order valence-electron chi connectivity index (χ1n) is 5.67. The van der Waals surface area contributed by atoms with Gasteiger partial charge in [-0.1, -0.05) is 0 Å². The van der Waals surface area contributed by atoms with E-state index in [0.29, 0.717) is 0 Å². The predicted molar refractivity (Wildman–Crippen MR) is 62.7 cm³/mol. The van der Waals surface area contributed by atoms with Gasteiger partial charge in [-0.05, 0) is 0 Å². The Balaban J connectivity index is -0.00000180. The van der Waals surface area contributed by atoms with Crippen LogP contribution in [-0.2, 0) is 19.2 Å². The second-order valence-electron chi connectivity index (χ2n) is 4.20. The summed E-state index contributed by atoms with van der Waals surface area (Å²) >= 11 is 0. The van der Waals surface area contributed by atoms with Crippen LogP contribution in [-0.4, -0.2) is 139 Å². The molecular formula is C10H14Ca2N2O8+2. The third-order valence-electron chi connectivity index (χ3n) is 2.41. The second-order valence-corrected chi connectivity index (χ2v) is 4.20. The average molecular weight is 370 g/mol. The minimum Gasteiger partial charge on any atom is -0.544 e. The number of hydrogen-bond acceptors (Lipinski definition) is 8. The number of carbonyl (C=O) groups is 4. The fourth-order valence-electron chi connectivity index (χ4n) is 1.65. The van der Waals surface area contributed by atoms with Gasteiger partial charge in [0.25, 0.3) is 0 Å². The summed E-state index contributed by atoms with van der Waals surface area (Å²) in [4.78, 5) is 41.8. The van der Waals surface area contributed by atoms with Crippen LogP contribution in [0.4, 0.5) is 0 Å². The van der Waals surface area contributed by atoms with Crippen LogP contribution in [0, 0.1) is 0 Å². The molecule has 0 amide bonds. The Labute approximate surface area is 186 Å². The molecular weight excluding hydrogens is 356 g/mol. The molecule has 10 nitrogen and oxygen atoms in total. The van der Waals surface area contributed by atoms with E-state index in [4.69, 9.17) is 0 Å². The smallest absolute Gasteiger partial charge is 0.544 e. The monoisotopic (exact) mass is 370 g/mol. The Morgan fingerprint density at radius 3 is 0.864 bits per heavy atom. The molecule has 12 heteroatoms. The van der Waals surface area contributed by atoms with Crippen molar-refractivity contribution in [2.24, 2.45) is 0 Å². The molecule has 0 rings (SSSR count). The first-order valence-corrected chi connectivity index (χ1v) is 5.67. The van der Waals surface area contributed by atoms with Gasteiger partial charge in [-0.2, -0.15) is 0 Å². The second kappa shape index (κ2) is 14.9. The van der Waals surface area contributed by atoms with E-state index < -0.39 is 50.1 Å². The van der Waals surface area contributed by atoms with E-state index in [-0.39, 0.29) is 98.4 Å². The number of nitrogens with one attached hydrogen (secondary N) is 2. The SMILES string of the molecule is O=C([O-])C[NH+](CC[NH+](CC(=O)[O-])CC(=O)[O-])CC(=O)[O-].[Ca+2].[Ca+2]. The molecule has 0 atom stereocenters. The number of carbonyl (C=O) groups excluding carboxylic acids is 4. The van der Waals surface area contributed by atoms with Crippen molar-refractivity contribution in [1.82, 2.24) is 0 Å². The van der Waals surface area contributed by atoms with Crippen LogP contribution in [0.25, 0.3) is 0 Å². The number of rotatable bonds is 11. The number of carboxylic acids is 4. The number of quaternary nitrogens is 2. The van der Waals surface area contributed by atoms with Gasteiger partial charge in [0, 0.05) is 0 Å². The van der Waals surface area contributed by atoms with Crippen molar-refractivity contribution < 1.29 is 49.4 Å². The first-order chi connectivity index (χ1) is 9.20. The molecule has 0 aromatic carbocycles. The summed E-state index contributed by atoms with van der Waals surface area (Å²) in [5.41, 5.74) is 0. The first kappa shape index (κ1) is 27.2. The van der Waals surface area contributed by atoms with E-state index in [2.05, 4.69) is 0 Å². The summed E-state index contributed by atoms with van der Waals surface area (Å²) < 4.78 is 0. The van der Waals surface area contributed by atoms with Gasteiger partial charge in [-0.15, -0.1) is 0 Å². The summed E-state index contributed by atoms with van der Waals surface area (Å²) in [6, 6.07) is 0. The van der Waals surface area contributed by atoms with Crippen molar-refractivity contribution in [3.05, 3.63) is 0 Å². The predicted octanol–water partition coefficient (Wildman–Crippen LogP) is -11.0. The number of carboxylic acid groups (broad SMARTS) is 4. The number of aliphatic carboxylic acids is 4. The van der Waals surface area contributed by atoms with Crippen LogP contribution < -0.4 is 30.2 Å². The van der Waals surface area contributed by atoms with Crippen molar-refractivity contribution in [3.8, 4) is 0 Å². The third kappa shape index (κ3) is 16.7. The Kier molecular flexibility index (Phi) is 18.4. The molecule has 0 heterocycles. The molecule has 114 valence electrons. The molecule has 0 aliphatic heterocycles. The van der Waals surface area contributed by atoms with Crippen molar-refractivity contribution >= 4 is 99.4 Å². The molecule has 0 spiro atoms. The van der Waals surface area contributed by atoms with Gasteiger partial charge in [0.05, 0.1) is 23.9 Å². The zero-order valence-corrected chi connectivity index (χ0v) is 16.3. The third-order valence-corrected chi connectivity index (χ3v) is 2.41. The van der Waals surface area contributed by atoms with E-state index in [1.54, 1.807) is 0 Å². The van der Waals surface area contributed by atoms with Gasteiger partial charge < -0.3 is 49.4 Å². The summed E-state index contributed by atoms with van der Waals surface area (Å²) in [5.74, 6) is -5.93. The van der Waals surface area contributed by atoms with Crippen LogP contribution in [0.2, 0.25) is 0 Å². The molecule has 0 aromatic heterocycles. The van der Waals surface area contributed by atoms with E-state index in [9.17, 15) is 39.6 Å². The van der Waals surface area contributed by atoms with E-state index in [0.717, 1.165) is 0 Å². The van der Waals surface area contributed by atoms with Crippen LogP contribution in [0.1, 0.15) is 0 Å². The van der Waals surface area contributed by atoms with E-state index in [1.807, 2.05) is 0 Å². The molecule has 0 radical (unpaired) electrons. The molecule has 0 aliphatic rings. The van der Waals surface area contributed by atoms with Crippen molar-refractivity contribution in [1.29, 1.82) is 0 Å². The molecule has 0 saturated carbocycles. The minimum atomic E-state index is -1.48. The zero-order valence-electron chi connectivity index (χ0n) is 11.9. The molecule has 0 aromatic rings. The fraction of sp³-hybridized carbons (Fsp3) is 0.600. The maximum Gasteiger partial charge on any atom is 2.00 e. The van der Waals surface area contributed by atoms with E-state index in [1.165, 1.54) is 0 Å². The quantitative estimate of drug-likeness (QED) is 0.338. The normalized spacial score (nSPS) is 9.73. The molecule has 0 aliphatic carbocycles. The van der Waals surface area contributed by atoms with Gasteiger partial charge in [-0.3, -0.25) is 0 Å². The van der Waals surface area contributed by atoms with E-state index >= 15 is 0 Å². The topological polar surface area (TPSA) is 169 Å². The summed E-state index contributed by atoms with van der Waals surface area (Å²) in [5, 5.41) is 41.7. The van der Waals surface area contributed by atoms with Crippen LogP contribution in [0.3, 0.4) is 0 Å². The minimum absolute atomic E-state index is 0. The van der Waals surface area contributed by atoms with Crippen molar-refractivity contribution in [3.63, 3.8) is 0 Å². The Bertz CT molecular complexity index is 325. The fourth-order valence-corrected chi connectivity index (χ4v) is 1.65. The molecule has 2 N–H and O–H groups in total. The van der Waals surface area contributed by atoms with Crippen LogP contribution in [0.15, 0.2) is 0 Å². The Morgan fingerprint density at radius 2 is 0.727 bits per heavy atom. The molecule has 0 bridgehead atoms. The molecule has 0 unspecified atom stereocenters. The van der Waals surface area contributed by atoms with Crippen LogP contribution >= 0.6 is 0 Å². The molecule has 0 fully saturated rings. The van der Waals surface area contributed by atoms with Gasteiger partial charge in [0.2, 0.25) is 0 Å². The standard InChI is InChI=1S/C10H16N2O8.2Ca/c13-7(14)3-11(4-8(15)16)1-2-12(5-9(17)18)6-10(19)20;;/h1-6H2,(H,13,14)(H,15,16)(H,17,18)(H,19,20);;/q;2*+2/p-2. The maximum absolute atomic E-state index is 10.4. The zero-order chi connectivity index (χ0) is 15.7. The van der Waals surface area contributed by atoms with Crippen molar-refractivity contribution in [2.45, 2.75) is 0 Å².